The molecule has 1 aromatic rings. The Morgan fingerprint density at radius 2 is 2.35 bits per heavy atom. The van der Waals surface area contributed by atoms with E-state index < -0.39 is 0 Å². The molecule has 0 radical (unpaired) electrons. The molecule has 0 saturated heterocycles. The molecule has 5 heteroatoms. The molecular formula is C12H21ClN4. The summed E-state index contributed by atoms with van der Waals surface area (Å²) >= 11 is 6.24. The lowest BCUT2D eigenvalue weighted by molar-refractivity contribution is 0.332. The average Bonchev–Trinajstić information content (AvgIpc) is 3.10. The summed E-state index contributed by atoms with van der Waals surface area (Å²) in [6.45, 7) is 5.26. The number of nitrogens with one attached hydrogen (secondary N) is 1. The molecule has 17 heavy (non-hydrogen) atoms. The highest BCUT2D eigenvalue weighted by molar-refractivity contribution is 6.31. The number of nitrogens with two attached hydrogens (primary N) is 1. The average molecular weight is 257 g/mol. The molecule has 1 heterocycles. The maximum atomic E-state index is 6.24. The van der Waals surface area contributed by atoms with Crippen LogP contribution in [0.5, 0.6) is 0 Å². The lowest BCUT2D eigenvalue weighted by Crippen LogP contribution is -2.35. The monoisotopic (exact) mass is 256 g/mol. The summed E-state index contributed by atoms with van der Waals surface area (Å²) in [5.41, 5.74) is 3.96. The molecule has 3 N–H and O–H groups in total. The number of halogens is 1. The molecule has 1 aromatic heterocycles. The second kappa shape index (κ2) is 5.38. The molecule has 2 rings (SSSR count). The summed E-state index contributed by atoms with van der Waals surface area (Å²) < 4.78 is 1.98. The van der Waals surface area contributed by atoms with E-state index in [1.165, 1.54) is 12.8 Å². The number of hydrazine groups is 1. The zero-order valence-electron chi connectivity index (χ0n) is 10.5. The van der Waals surface area contributed by atoms with Crippen LogP contribution in [0.15, 0.2) is 6.20 Å². The second-order valence-electron chi connectivity index (χ2n) is 4.94. The third kappa shape index (κ3) is 2.64. The van der Waals surface area contributed by atoms with Crippen molar-refractivity contribution in [1.29, 1.82) is 0 Å². The van der Waals surface area contributed by atoms with Crippen LogP contribution in [0.1, 0.15) is 44.8 Å². The van der Waals surface area contributed by atoms with E-state index in [4.69, 9.17) is 17.4 Å². The number of rotatable bonds is 6. The first-order valence-electron chi connectivity index (χ1n) is 6.36. The molecular weight excluding hydrogens is 236 g/mol. The molecule has 0 aromatic carbocycles. The van der Waals surface area contributed by atoms with Gasteiger partial charge in [0.05, 0.1) is 23.0 Å². The van der Waals surface area contributed by atoms with Crippen molar-refractivity contribution in [3.8, 4) is 0 Å². The van der Waals surface area contributed by atoms with Crippen LogP contribution in [0.2, 0.25) is 5.02 Å². The van der Waals surface area contributed by atoms with Gasteiger partial charge < -0.3 is 0 Å². The Bertz CT molecular complexity index is 373. The van der Waals surface area contributed by atoms with E-state index in [1.807, 2.05) is 4.68 Å². The SMILES string of the molecule is CCCn1ncc(Cl)c1C(NN)C(C)C1CC1. The van der Waals surface area contributed by atoms with Gasteiger partial charge in [0.15, 0.2) is 0 Å². The summed E-state index contributed by atoms with van der Waals surface area (Å²) in [5, 5.41) is 5.04. The van der Waals surface area contributed by atoms with Crippen molar-refractivity contribution in [2.75, 3.05) is 0 Å². The van der Waals surface area contributed by atoms with Crippen molar-refractivity contribution in [1.82, 2.24) is 15.2 Å². The maximum absolute atomic E-state index is 6.24. The third-order valence-electron chi connectivity index (χ3n) is 3.63. The number of nitrogens with zero attached hydrogens (tertiary/aromatic N) is 2. The van der Waals surface area contributed by atoms with Gasteiger partial charge >= 0.3 is 0 Å². The molecule has 1 aliphatic carbocycles. The van der Waals surface area contributed by atoms with Gasteiger partial charge in [-0.3, -0.25) is 16.0 Å². The fourth-order valence-corrected chi connectivity index (χ4v) is 2.70. The van der Waals surface area contributed by atoms with Gasteiger partial charge in [-0.15, -0.1) is 0 Å². The number of aromatic nitrogens is 2. The van der Waals surface area contributed by atoms with Crippen LogP contribution in [0.3, 0.4) is 0 Å². The minimum Gasteiger partial charge on any atom is -0.271 e. The topological polar surface area (TPSA) is 55.9 Å². The van der Waals surface area contributed by atoms with Crippen molar-refractivity contribution in [3.63, 3.8) is 0 Å². The largest absolute Gasteiger partial charge is 0.271 e. The van der Waals surface area contributed by atoms with Crippen LogP contribution in [-0.4, -0.2) is 9.78 Å². The van der Waals surface area contributed by atoms with Gasteiger partial charge in [-0.05, 0) is 31.1 Å². The molecule has 0 spiro atoms. The number of hydrogen-bond acceptors (Lipinski definition) is 3. The van der Waals surface area contributed by atoms with Gasteiger partial charge in [0, 0.05) is 6.54 Å². The van der Waals surface area contributed by atoms with Crippen molar-refractivity contribution in [3.05, 3.63) is 16.9 Å². The standard InChI is InChI=1S/C12H21ClN4/c1-3-6-17-12(10(13)7-15-17)11(16-14)8(2)9-4-5-9/h7-9,11,16H,3-6,14H2,1-2H3. The lowest BCUT2D eigenvalue weighted by Gasteiger charge is -2.24. The Balaban J connectivity index is 2.24. The number of aryl methyl sites for hydroxylation is 1. The summed E-state index contributed by atoms with van der Waals surface area (Å²) in [6, 6.07) is 0.101. The number of hydrogen-bond donors (Lipinski definition) is 2. The fourth-order valence-electron chi connectivity index (χ4n) is 2.45. The highest BCUT2D eigenvalue weighted by Crippen LogP contribution is 2.43. The third-order valence-corrected chi connectivity index (χ3v) is 3.93. The van der Waals surface area contributed by atoms with Crippen molar-refractivity contribution >= 4 is 11.6 Å². The van der Waals surface area contributed by atoms with Crippen LogP contribution >= 0.6 is 11.6 Å². The fraction of sp³-hybridized carbons (Fsp3) is 0.750. The van der Waals surface area contributed by atoms with Gasteiger partial charge in [0.25, 0.3) is 0 Å². The molecule has 96 valence electrons. The van der Waals surface area contributed by atoms with Crippen LogP contribution in [0.4, 0.5) is 0 Å². The molecule has 1 aliphatic rings. The van der Waals surface area contributed by atoms with Crippen LogP contribution < -0.4 is 11.3 Å². The highest BCUT2D eigenvalue weighted by atomic mass is 35.5. The summed E-state index contributed by atoms with van der Waals surface area (Å²) in [5.74, 6) is 6.99. The Kier molecular flexibility index (Phi) is 4.07. The Morgan fingerprint density at radius 1 is 1.65 bits per heavy atom. The van der Waals surface area contributed by atoms with Crippen LogP contribution in [-0.2, 0) is 6.54 Å². The van der Waals surface area contributed by atoms with Gasteiger partial charge in [-0.25, -0.2) is 0 Å². The Morgan fingerprint density at radius 3 is 2.88 bits per heavy atom. The normalized spacial score (nSPS) is 19.3. The highest BCUT2D eigenvalue weighted by Gasteiger charge is 2.35. The van der Waals surface area contributed by atoms with E-state index in [0.29, 0.717) is 10.9 Å². The summed E-state index contributed by atoms with van der Waals surface area (Å²) in [4.78, 5) is 0. The molecule has 0 aliphatic heterocycles. The van der Waals surface area contributed by atoms with Gasteiger partial charge in [-0.1, -0.05) is 25.4 Å². The zero-order chi connectivity index (χ0) is 12.4. The molecule has 0 amide bonds. The van der Waals surface area contributed by atoms with E-state index in [1.54, 1.807) is 6.20 Å². The first-order valence-corrected chi connectivity index (χ1v) is 6.74. The molecule has 1 fully saturated rings. The molecule has 2 unspecified atom stereocenters. The van der Waals surface area contributed by atoms with E-state index in [0.717, 1.165) is 24.6 Å². The van der Waals surface area contributed by atoms with E-state index >= 15 is 0 Å². The van der Waals surface area contributed by atoms with Gasteiger partial charge in [0.1, 0.15) is 0 Å². The first-order chi connectivity index (χ1) is 8.19. The minimum absolute atomic E-state index is 0.101. The molecule has 2 atom stereocenters. The Labute approximate surface area is 107 Å². The predicted molar refractivity (Wildman–Crippen MR) is 69.5 cm³/mol. The van der Waals surface area contributed by atoms with Crippen molar-refractivity contribution < 1.29 is 0 Å². The smallest absolute Gasteiger partial charge is 0.0834 e. The van der Waals surface area contributed by atoms with Crippen LogP contribution in [0.25, 0.3) is 0 Å². The second-order valence-corrected chi connectivity index (χ2v) is 5.35. The van der Waals surface area contributed by atoms with Crippen LogP contribution in [0, 0.1) is 11.8 Å². The van der Waals surface area contributed by atoms with E-state index in [9.17, 15) is 0 Å². The van der Waals surface area contributed by atoms with Crippen molar-refractivity contribution in [2.45, 2.75) is 45.7 Å². The van der Waals surface area contributed by atoms with E-state index in [2.05, 4.69) is 24.4 Å². The minimum atomic E-state index is 0.101. The quantitative estimate of drug-likeness (QED) is 0.607. The Hall–Kier alpha value is -0.580. The summed E-state index contributed by atoms with van der Waals surface area (Å²) in [7, 11) is 0. The van der Waals surface area contributed by atoms with E-state index in [-0.39, 0.29) is 6.04 Å². The summed E-state index contributed by atoms with van der Waals surface area (Å²) in [6.07, 6.45) is 5.37. The molecule has 4 nitrogen and oxygen atoms in total. The first kappa shape index (κ1) is 12.9. The molecule has 1 saturated carbocycles. The predicted octanol–water partition coefficient (Wildman–Crippen LogP) is 2.50. The molecule has 0 bridgehead atoms. The maximum Gasteiger partial charge on any atom is 0.0834 e. The zero-order valence-corrected chi connectivity index (χ0v) is 11.2. The van der Waals surface area contributed by atoms with Crippen molar-refractivity contribution in [2.24, 2.45) is 17.7 Å². The van der Waals surface area contributed by atoms with Gasteiger partial charge in [-0.2, -0.15) is 5.10 Å². The van der Waals surface area contributed by atoms with Gasteiger partial charge in [0.2, 0.25) is 0 Å². The lowest BCUT2D eigenvalue weighted by atomic mass is 9.94.